The molecule has 0 aliphatic rings. The molecule has 3 rings (SSSR count). The van der Waals surface area contributed by atoms with Gasteiger partial charge in [-0.2, -0.15) is 0 Å². The van der Waals surface area contributed by atoms with Crippen LogP contribution in [0.4, 0.5) is 16.4 Å². The molecule has 164 valence electrons. The zero-order chi connectivity index (χ0) is 22.9. The van der Waals surface area contributed by atoms with Crippen LogP contribution in [-0.4, -0.2) is 45.1 Å². The fourth-order valence-corrected chi connectivity index (χ4v) is 3.17. The molecular formula is C22H28N6O3. The quantitative estimate of drug-likeness (QED) is 0.527. The predicted molar refractivity (Wildman–Crippen MR) is 121 cm³/mol. The van der Waals surface area contributed by atoms with Crippen molar-refractivity contribution in [2.75, 3.05) is 18.2 Å². The molecule has 0 spiro atoms. The van der Waals surface area contributed by atoms with E-state index < -0.39 is 11.7 Å². The Balaban J connectivity index is 2.23. The molecule has 2 aromatic heterocycles. The number of carbonyl (C=O) groups excluding carboxylic acids is 1. The lowest BCUT2D eigenvalue weighted by atomic mass is 10.1. The number of nitrogens with zero attached hydrogens (tertiary/aromatic N) is 3. The number of nitrogen functional groups attached to an aromatic ring is 1. The summed E-state index contributed by atoms with van der Waals surface area (Å²) in [6, 6.07) is 7.10. The van der Waals surface area contributed by atoms with E-state index in [2.05, 4.69) is 15.3 Å². The van der Waals surface area contributed by atoms with Gasteiger partial charge in [0, 0.05) is 11.4 Å². The molecular weight excluding hydrogens is 396 g/mol. The molecule has 2 heterocycles. The van der Waals surface area contributed by atoms with Gasteiger partial charge in [0.2, 0.25) is 0 Å². The van der Waals surface area contributed by atoms with Crippen LogP contribution >= 0.6 is 0 Å². The number of hydrogen-bond acceptors (Lipinski definition) is 8. The third-order valence-electron chi connectivity index (χ3n) is 4.39. The Labute approximate surface area is 181 Å². The van der Waals surface area contributed by atoms with E-state index in [0.717, 1.165) is 5.39 Å². The molecule has 0 saturated heterocycles. The number of rotatable bonds is 5. The highest BCUT2D eigenvalue weighted by Gasteiger charge is 2.27. The van der Waals surface area contributed by atoms with Crippen molar-refractivity contribution >= 4 is 34.3 Å². The standard InChI is InChI=1S/C22H28N6O3/c1-12(2)27-20-17(19(24)25-11-26-20)18(23)16-10-13-9-14(30-6)7-8-15(13)28(16)21(29)31-22(3,4)5/h7-12,23H,1-6H3,(H3,24,25,26,27). The largest absolute Gasteiger partial charge is 0.497 e. The van der Waals surface area contributed by atoms with Gasteiger partial charge in [0.1, 0.15) is 29.3 Å². The van der Waals surface area contributed by atoms with Crippen molar-refractivity contribution in [3.05, 3.63) is 41.9 Å². The molecule has 0 bridgehead atoms. The Hall–Kier alpha value is -3.62. The first-order chi connectivity index (χ1) is 14.5. The van der Waals surface area contributed by atoms with Gasteiger partial charge >= 0.3 is 6.09 Å². The van der Waals surface area contributed by atoms with Gasteiger partial charge in [-0.1, -0.05) is 0 Å². The van der Waals surface area contributed by atoms with Crippen molar-refractivity contribution in [2.24, 2.45) is 0 Å². The number of ether oxygens (including phenoxy) is 2. The molecule has 0 radical (unpaired) electrons. The summed E-state index contributed by atoms with van der Waals surface area (Å²) in [5, 5.41) is 12.8. The minimum absolute atomic E-state index is 0.00211. The number of nitrogens with two attached hydrogens (primary N) is 1. The van der Waals surface area contributed by atoms with Gasteiger partial charge in [-0.3, -0.25) is 5.41 Å². The lowest BCUT2D eigenvalue weighted by molar-refractivity contribution is 0.0543. The number of nitrogens with one attached hydrogen (secondary N) is 2. The molecule has 0 aliphatic heterocycles. The maximum absolute atomic E-state index is 13.1. The maximum atomic E-state index is 13.1. The molecule has 9 heteroatoms. The van der Waals surface area contributed by atoms with Crippen LogP contribution in [0.5, 0.6) is 5.75 Å². The Kier molecular flexibility index (Phi) is 5.88. The van der Waals surface area contributed by atoms with E-state index in [0.29, 0.717) is 28.3 Å². The summed E-state index contributed by atoms with van der Waals surface area (Å²) < 4.78 is 12.3. The summed E-state index contributed by atoms with van der Waals surface area (Å²) in [6.45, 7) is 9.28. The van der Waals surface area contributed by atoms with Crippen molar-refractivity contribution in [2.45, 2.75) is 46.3 Å². The summed E-state index contributed by atoms with van der Waals surface area (Å²) in [4.78, 5) is 21.4. The van der Waals surface area contributed by atoms with Crippen LogP contribution in [0.2, 0.25) is 0 Å². The Morgan fingerprint density at radius 1 is 1.23 bits per heavy atom. The minimum Gasteiger partial charge on any atom is -0.497 e. The first kappa shape index (κ1) is 22.1. The van der Waals surface area contributed by atoms with E-state index in [1.54, 1.807) is 52.1 Å². The first-order valence-electron chi connectivity index (χ1n) is 9.91. The van der Waals surface area contributed by atoms with Crippen LogP contribution < -0.4 is 15.8 Å². The number of methoxy groups -OCH3 is 1. The zero-order valence-corrected chi connectivity index (χ0v) is 18.6. The van der Waals surface area contributed by atoms with Gasteiger partial charge in [0.25, 0.3) is 0 Å². The molecule has 0 amide bonds. The van der Waals surface area contributed by atoms with Gasteiger partial charge in [-0.25, -0.2) is 19.3 Å². The Bertz CT molecular complexity index is 1140. The number of carbonyl (C=O) groups is 1. The van der Waals surface area contributed by atoms with Crippen LogP contribution in [0, 0.1) is 5.41 Å². The molecule has 0 unspecified atom stereocenters. The molecule has 3 aromatic rings. The van der Waals surface area contributed by atoms with Crippen molar-refractivity contribution < 1.29 is 14.3 Å². The topological polar surface area (TPSA) is 128 Å². The average Bonchev–Trinajstić information content (AvgIpc) is 3.04. The van der Waals surface area contributed by atoms with Crippen LogP contribution in [-0.2, 0) is 4.74 Å². The molecule has 1 aromatic carbocycles. The highest BCUT2D eigenvalue weighted by molar-refractivity contribution is 6.18. The van der Waals surface area contributed by atoms with Gasteiger partial charge in [0.15, 0.2) is 0 Å². The van der Waals surface area contributed by atoms with E-state index in [9.17, 15) is 4.79 Å². The first-order valence-corrected chi connectivity index (χ1v) is 9.91. The molecule has 0 atom stereocenters. The summed E-state index contributed by atoms with van der Waals surface area (Å²) in [5.41, 5.74) is 6.63. The normalized spacial score (nSPS) is 11.6. The maximum Gasteiger partial charge on any atom is 0.419 e. The van der Waals surface area contributed by atoms with Gasteiger partial charge in [-0.05, 0) is 58.9 Å². The number of aromatic nitrogens is 3. The van der Waals surface area contributed by atoms with Gasteiger partial charge in [-0.15, -0.1) is 0 Å². The zero-order valence-electron chi connectivity index (χ0n) is 18.6. The molecule has 0 fully saturated rings. The minimum atomic E-state index is -0.709. The highest BCUT2D eigenvalue weighted by atomic mass is 16.6. The fraction of sp³-hybridized carbons (Fsp3) is 0.364. The SMILES string of the molecule is COc1ccc2c(c1)cc(C(=N)c1c(N)ncnc1NC(C)C)n2C(=O)OC(C)(C)C. The lowest BCUT2D eigenvalue weighted by Crippen LogP contribution is -2.29. The van der Waals surface area contributed by atoms with Gasteiger partial charge < -0.3 is 20.5 Å². The van der Waals surface area contributed by atoms with E-state index in [1.807, 2.05) is 13.8 Å². The van der Waals surface area contributed by atoms with Crippen LogP contribution in [0.3, 0.4) is 0 Å². The highest BCUT2D eigenvalue weighted by Crippen LogP contribution is 2.29. The van der Waals surface area contributed by atoms with Crippen molar-refractivity contribution in [3.8, 4) is 5.75 Å². The third-order valence-corrected chi connectivity index (χ3v) is 4.39. The second kappa shape index (κ2) is 8.25. The number of benzene rings is 1. The lowest BCUT2D eigenvalue weighted by Gasteiger charge is -2.21. The van der Waals surface area contributed by atoms with Crippen molar-refractivity contribution in [1.82, 2.24) is 14.5 Å². The monoisotopic (exact) mass is 424 g/mol. The van der Waals surface area contributed by atoms with E-state index in [1.165, 1.54) is 10.9 Å². The smallest absolute Gasteiger partial charge is 0.419 e. The van der Waals surface area contributed by atoms with Crippen molar-refractivity contribution in [1.29, 1.82) is 5.41 Å². The van der Waals surface area contributed by atoms with Crippen LogP contribution in [0.1, 0.15) is 45.9 Å². The number of anilines is 2. The Morgan fingerprint density at radius 3 is 2.55 bits per heavy atom. The Morgan fingerprint density at radius 2 is 1.94 bits per heavy atom. The van der Waals surface area contributed by atoms with E-state index in [4.69, 9.17) is 20.6 Å². The summed E-state index contributed by atoms with van der Waals surface area (Å²) >= 11 is 0. The molecule has 4 N–H and O–H groups in total. The van der Waals surface area contributed by atoms with E-state index >= 15 is 0 Å². The predicted octanol–water partition coefficient (Wildman–Crippen LogP) is 4.04. The van der Waals surface area contributed by atoms with Gasteiger partial charge in [0.05, 0.1) is 29.6 Å². The summed E-state index contributed by atoms with van der Waals surface area (Å²) in [6.07, 6.45) is 0.742. The second-order valence-corrected chi connectivity index (χ2v) is 8.43. The number of fused-ring (bicyclic) bond motifs is 1. The second-order valence-electron chi connectivity index (χ2n) is 8.43. The van der Waals surface area contributed by atoms with Crippen LogP contribution in [0.15, 0.2) is 30.6 Å². The molecule has 0 aliphatic carbocycles. The average molecular weight is 425 g/mol. The third kappa shape index (κ3) is 4.60. The van der Waals surface area contributed by atoms with Crippen molar-refractivity contribution in [3.63, 3.8) is 0 Å². The molecule has 0 saturated carbocycles. The number of hydrogen-bond donors (Lipinski definition) is 3. The van der Waals surface area contributed by atoms with Crippen LogP contribution in [0.25, 0.3) is 10.9 Å². The molecule has 9 nitrogen and oxygen atoms in total. The summed E-state index contributed by atoms with van der Waals surface area (Å²) in [5.74, 6) is 1.20. The summed E-state index contributed by atoms with van der Waals surface area (Å²) in [7, 11) is 1.57. The van der Waals surface area contributed by atoms with E-state index in [-0.39, 0.29) is 17.6 Å². The molecule has 31 heavy (non-hydrogen) atoms. The fourth-order valence-electron chi connectivity index (χ4n) is 3.17.